The number of thioether (sulfide) groups is 1. The minimum Gasteiger partial charge on any atom is -0.497 e. The first-order chi connectivity index (χ1) is 10.7. The summed E-state index contributed by atoms with van der Waals surface area (Å²) < 4.78 is 6.63. The summed E-state index contributed by atoms with van der Waals surface area (Å²) in [6.45, 7) is 0.358. The highest BCUT2D eigenvalue weighted by molar-refractivity contribution is 7.99. The van der Waals surface area contributed by atoms with E-state index in [0.717, 1.165) is 5.75 Å². The maximum Gasteiger partial charge on any atom is 0.254 e. The van der Waals surface area contributed by atoms with E-state index in [1.54, 1.807) is 35.9 Å². The molecule has 1 aromatic heterocycles. The van der Waals surface area contributed by atoms with E-state index in [-0.39, 0.29) is 17.4 Å². The van der Waals surface area contributed by atoms with Gasteiger partial charge in [0.15, 0.2) is 5.16 Å². The highest BCUT2D eigenvalue weighted by Crippen LogP contribution is 2.25. The predicted octanol–water partition coefficient (Wildman–Crippen LogP) is 1.61. The van der Waals surface area contributed by atoms with Crippen LogP contribution in [-0.2, 0) is 11.3 Å². The van der Waals surface area contributed by atoms with Crippen molar-refractivity contribution in [1.29, 1.82) is 0 Å². The lowest BCUT2D eigenvalue weighted by atomic mass is 10.1. The van der Waals surface area contributed by atoms with Gasteiger partial charge in [0.1, 0.15) is 5.75 Å². The molecule has 1 N–H and O–H groups in total. The Balaban J connectivity index is 1.71. The maximum atomic E-state index is 12.4. The van der Waals surface area contributed by atoms with Gasteiger partial charge >= 0.3 is 0 Å². The molecule has 114 valence electrons. The number of rotatable bonds is 3. The van der Waals surface area contributed by atoms with E-state index >= 15 is 0 Å². The van der Waals surface area contributed by atoms with E-state index in [1.807, 2.05) is 0 Å². The standard InChI is InChI=1S/C15H15N3O3S/c1-21-12-4-2-11(3-5-12)17-14(20)10-8-18-13(19)6-7-16-15(18)22-9-10/h2-7,10H,8-9H2,1H3,(H,17,20). The SMILES string of the molecule is COc1ccc(NC(=O)C2CSc3nccc(=O)n3C2)cc1. The lowest BCUT2D eigenvalue weighted by Crippen LogP contribution is -2.36. The van der Waals surface area contributed by atoms with E-state index in [2.05, 4.69) is 10.3 Å². The molecule has 1 aliphatic heterocycles. The molecule has 3 rings (SSSR count). The van der Waals surface area contributed by atoms with Crippen LogP contribution in [0.3, 0.4) is 0 Å². The summed E-state index contributed by atoms with van der Waals surface area (Å²) in [6.07, 6.45) is 1.50. The van der Waals surface area contributed by atoms with Gasteiger partial charge in [-0.1, -0.05) is 11.8 Å². The second kappa shape index (κ2) is 6.23. The Bertz CT molecular complexity index is 742. The van der Waals surface area contributed by atoms with Crippen LogP contribution >= 0.6 is 11.8 Å². The third-order valence-corrected chi connectivity index (χ3v) is 4.60. The number of fused-ring (bicyclic) bond motifs is 1. The Morgan fingerprint density at radius 3 is 2.86 bits per heavy atom. The zero-order valence-electron chi connectivity index (χ0n) is 12.0. The summed E-state index contributed by atoms with van der Waals surface area (Å²) in [4.78, 5) is 28.3. The average molecular weight is 317 g/mol. The first-order valence-electron chi connectivity index (χ1n) is 6.81. The summed E-state index contributed by atoms with van der Waals surface area (Å²) in [6, 6.07) is 8.56. The molecule has 1 unspecified atom stereocenters. The molecule has 22 heavy (non-hydrogen) atoms. The van der Waals surface area contributed by atoms with Gasteiger partial charge in [0, 0.05) is 30.2 Å². The molecule has 0 aliphatic carbocycles. The van der Waals surface area contributed by atoms with Crippen molar-refractivity contribution in [3.63, 3.8) is 0 Å². The molecule has 0 spiro atoms. The summed E-state index contributed by atoms with van der Waals surface area (Å²) in [5.41, 5.74) is 0.583. The summed E-state index contributed by atoms with van der Waals surface area (Å²) in [5, 5.41) is 3.54. The first kappa shape index (κ1) is 14.6. The fraction of sp³-hybridized carbons (Fsp3) is 0.267. The molecule has 1 amide bonds. The number of anilines is 1. The number of hydrogen-bond acceptors (Lipinski definition) is 5. The monoisotopic (exact) mass is 317 g/mol. The number of hydrogen-bond donors (Lipinski definition) is 1. The van der Waals surface area contributed by atoms with Crippen LogP contribution < -0.4 is 15.6 Å². The Hall–Kier alpha value is -2.28. The third-order valence-electron chi connectivity index (χ3n) is 3.44. The number of methoxy groups -OCH3 is 1. The molecule has 0 radical (unpaired) electrons. The molecule has 2 aromatic rings. The molecule has 0 fully saturated rings. The lowest BCUT2D eigenvalue weighted by molar-refractivity contribution is -0.119. The van der Waals surface area contributed by atoms with Crippen LogP contribution in [0.5, 0.6) is 5.75 Å². The van der Waals surface area contributed by atoms with E-state index in [9.17, 15) is 9.59 Å². The molecule has 0 saturated heterocycles. The van der Waals surface area contributed by atoms with Gasteiger partial charge in [-0.25, -0.2) is 4.98 Å². The molecular weight excluding hydrogens is 302 g/mol. The molecule has 0 bridgehead atoms. The fourth-order valence-electron chi connectivity index (χ4n) is 2.23. The minimum atomic E-state index is -0.262. The van der Waals surface area contributed by atoms with Crippen molar-refractivity contribution >= 4 is 23.4 Å². The number of aromatic nitrogens is 2. The van der Waals surface area contributed by atoms with E-state index in [0.29, 0.717) is 23.1 Å². The lowest BCUT2D eigenvalue weighted by Gasteiger charge is -2.23. The van der Waals surface area contributed by atoms with Crippen LogP contribution in [-0.4, -0.2) is 28.3 Å². The quantitative estimate of drug-likeness (QED) is 0.871. The predicted molar refractivity (Wildman–Crippen MR) is 84.3 cm³/mol. The van der Waals surface area contributed by atoms with Crippen molar-refractivity contribution in [3.05, 3.63) is 46.9 Å². The number of nitrogens with zero attached hydrogens (tertiary/aromatic N) is 2. The summed E-state index contributed by atoms with van der Waals surface area (Å²) >= 11 is 1.43. The molecule has 0 saturated carbocycles. The molecule has 6 nitrogen and oxygen atoms in total. The molecular formula is C15H15N3O3S. The number of ether oxygens (including phenoxy) is 1. The van der Waals surface area contributed by atoms with Crippen molar-refractivity contribution in [1.82, 2.24) is 9.55 Å². The van der Waals surface area contributed by atoms with Crippen LogP contribution in [0, 0.1) is 5.92 Å². The van der Waals surface area contributed by atoms with Crippen LogP contribution in [0.15, 0.2) is 46.5 Å². The molecule has 2 heterocycles. The zero-order chi connectivity index (χ0) is 15.5. The highest BCUT2D eigenvalue weighted by Gasteiger charge is 2.26. The number of amides is 1. The van der Waals surface area contributed by atoms with Gasteiger partial charge in [0.25, 0.3) is 5.56 Å². The smallest absolute Gasteiger partial charge is 0.254 e. The van der Waals surface area contributed by atoms with Gasteiger partial charge in [0.05, 0.1) is 13.0 Å². The minimum absolute atomic E-state index is 0.0981. The van der Waals surface area contributed by atoms with Crippen LogP contribution in [0.4, 0.5) is 5.69 Å². The number of benzene rings is 1. The van der Waals surface area contributed by atoms with Gasteiger partial charge < -0.3 is 10.1 Å². The number of nitrogens with one attached hydrogen (secondary N) is 1. The van der Waals surface area contributed by atoms with Gasteiger partial charge in [-0.05, 0) is 24.3 Å². The Labute approximate surface area is 131 Å². The van der Waals surface area contributed by atoms with Crippen molar-refractivity contribution in [2.45, 2.75) is 11.7 Å². The maximum absolute atomic E-state index is 12.4. The highest BCUT2D eigenvalue weighted by atomic mass is 32.2. The normalized spacial score (nSPS) is 16.7. The van der Waals surface area contributed by atoms with E-state index < -0.39 is 0 Å². The Morgan fingerprint density at radius 1 is 1.36 bits per heavy atom. The number of carbonyl (C=O) groups is 1. The van der Waals surface area contributed by atoms with E-state index in [4.69, 9.17) is 4.74 Å². The van der Waals surface area contributed by atoms with Crippen LogP contribution in [0.25, 0.3) is 0 Å². The van der Waals surface area contributed by atoms with Crippen molar-refractivity contribution < 1.29 is 9.53 Å². The summed E-state index contributed by atoms with van der Waals surface area (Å²) in [5.74, 6) is 0.983. The number of carbonyl (C=O) groups excluding carboxylic acids is 1. The second-order valence-corrected chi connectivity index (χ2v) is 5.89. The van der Waals surface area contributed by atoms with E-state index in [1.165, 1.54) is 24.0 Å². The largest absolute Gasteiger partial charge is 0.497 e. The van der Waals surface area contributed by atoms with Crippen molar-refractivity contribution in [2.75, 3.05) is 18.2 Å². The first-order valence-corrected chi connectivity index (χ1v) is 7.79. The Kier molecular flexibility index (Phi) is 4.15. The third kappa shape index (κ3) is 2.99. The van der Waals surface area contributed by atoms with Crippen LogP contribution in [0.1, 0.15) is 0 Å². The second-order valence-electron chi connectivity index (χ2n) is 4.90. The molecule has 1 atom stereocenters. The van der Waals surface area contributed by atoms with Crippen molar-refractivity contribution in [2.24, 2.45) is 5.92 Å². The molecule has 1 aliphatic rings. The van der Waals surface area contributed by atoms with Gasteiger partial charge in [-0.3, -0.25) is 14.2 Å². The average Bonchev–Trinajstić information content (AvgIpc) is 2.55. The zero-order valence-corrected chi connectivity index (χ0v) is 12.8. The van der Waals surface area contributed by atoms with Gasteiger partial charge in [-0.2, -0.15) is 0 Å². The Morgan fingerprint density at radius 2 is 2.14 bits per heavy atom. The van der Waals surface area contributed by atoms with Gasteiger partial charge in [-0.15, -0.1) is 0 Å². The fourth-order valence-corrected chi connectivity index (χ4v) is 3.29. The summed E-state index contributed by atoms with van der Waals surface area (Å²) in [7, 11) is 1.59. The van der Waals surface area contributed by atoms with Crippen LogP contribution in [0.2, 0.25) is 0 Å². The van der Waals surface area contributed by atoms with Crippen molar-refractivity contribution in [3.8, 4) is 5.75 Å². The molecule has 7 heteroatoms. The van der Waals surface area contributed by atoms with Gasteiger partial charge in [0.2, 0.25) is 5.91 Å². The topological polar surface area (TPSA) is 73.2 Å². The molecule has 1 aromatic carbocycles.